The zero-order valence-electron chi connectivity index (χ0n) is 6.05. The molecule has 0 aliphatic heterocycles. The van der Waals surface area contributed by atoms with Crippen LogP contribution in [-0.2, 0) is 6.26 Å². The molecule has 1 heterocycles. The normalized spacial score (nSPS) is 11.7. The Bertz CT molecular complexity index is 308. The molecule has 0 radical (unpaired) electrons. The Morgan fingerprint density at radius 1 is 1.73 bits per heavy atom. The summed E-state index contributed by atoms with van der Waals surface area (Å²) < 4.78 is 0.689. The molecule has 0 aromatic carbocycles. The number of hydrogen-bond acceptors (Lipinski definition) is 3. The Kier molecular flexibility index (Phi) is 2.29. The predicted molar refractivity (Wildman–Crippen MR) is 44.5 cm³/mol. The van der Waals surface area contributed by atoms with Gasteiger partial charge in [-0.15, -0.1) is 0 Å². The van der Waals surface area contributed by atoms with Crippen molar-refractivity contribution in [3.63, 3.8) is 0 Å². The van der Waals surface area contributed by atoms with Crippen molar-refractivity contribution in [2.45, 2.75) is 6.92 Å². The predicted octanol–water partition coefficient (Wildman–Crippen LogP) is 0.802. The van der Waals surface area contributed by atoms with Crippen molar-refractivity contribution in [3.8, 4) is 0 Å². The molecule has 0 amide bonds. The van der Waals surface area contributed by atoms with E-state index in [4.69, 9.17) is 0 Å². The van der Waals surface area contributed by atoms with Gasteiger partial charge in [-0.2, -0.15) is 4.98 Å². The number of aromatic carboxylic acids is 1. The highest BCUT2D eigenvalue weighted by atomic mass is 79.9. The van der Waals surface area contributed by atoms with Gasteiger partial charge in [0.2, 0.25) is 0 Å². The molecule has 0 fully saturated rings. The topological polar surface area (TPSA) is 53.0 Å². The lowest BCUT2D eigenvalue weighted by molar-refractivity contribution is -0.255. The summed E-state index contributed by atoms with van der Waals surface area (Å²) in [5.41, 5.74) is 0.0720. The number of carbonyl (C=O) groups is 1. The Labute approximate surface area is 75.2 Å². The molecular formula is C6H6BrNO2S. The van der Waals surface area contributed by atoms with Crippen molar-refractivity contribution in [1.82, 2.24) is 4.98 Å². The SMILES string of the molecule is Cc1c(C(=O)[O-])nc(Br)[s+]1C. The van der Waals surface area contributed by atoms with Crippen molar-refractivity contribution in [3.05, 3.63) is 14.5 Å². The smallest absolute Gasteiger partial charge is 0.310 e. The molecular weight excluding hydrogens is 230 g/mol. The quantitative estimate of drug-likeness (QED) is 0.678. The fourth-order valence-corrected chi connectivity index (χ4v) is 2.50. The maximum atomic E-state index is 10.4. The molecule has 0 saturated carbocycles. The van der Waals surface area contributed by atoms with Gasteiger partial charge in [0.25, 0.3) is 0 Å². The summed E-state index contributed by atoms with van der Waals surface area (Å²) in [6, 6.07) is 0. The second-order valence-corrected chi connectivity index (χ2v) is 5.36. The number of aromatic nitrogens is 1. The first-order chi connectivity index (χ1) is 5.04. The van der Waals surface area contributed by atoms with Crippen LogP contribution >= 0.6 is 26.4 Å². The highest BCUT2D eigenvalue weighted by Crippen LogP contribution is 2.31. The number of carboxylic acids is 1. The van der Waals surface area contributed by atoms with E-state index in [0.29, 0.717) is 3.92 Å². The van der Waals surface area contributed by atoms with Crippen LogP contribution in [0, 0.1) is 6.92 Å². The Morgan fingerprint density at radius 3 is 2.45 bits per heavy atom. The molecule has 1 aromatic heterocycles. The first-order valence-electron chi connectivity index (χ1n) is 2.86. The summed E-state index contributed by atoms with van der Waals surface area (Å²) >= 11 is 3.18. The van der Waals surface area contributed by atoms with Crippen LogP contribution in [0.2, 0.25) is 0 Å². The van der Waals surface area contributed by atoms with Crippen LogP contribution in [-0.4, -0.2) is 11.0 Å². The van der Waals surface area contributed by atoms with Gasteiger partial charge in [-0.25, -0.2) is 0 Å². The standard InChI is InChI=1S/C6H6BrNO2S/c1-3-4(5(9)10)8-6(7)11(3)2/h1-2H3. The molecule has 3 nitrogen and oxygen atoms in total. The summed E-state index contributed by atoms with van der Waals surface area (Å²) in [5.74, 6) is -1.20. The van der Waals surface area contributed by atoms with E-state index in [9.17, 15) is 9.90 Å². The minimum Gasteiger partial charge on any atom is -0.543 e. The largest absolute Gasteiger partial charge is 0.543 e. The zero-order chi connectivity index (χ0) is 8.59. The maximum Gasteiger partial charge on any atom is 0.310 e. The molecule has 1 rings (SSSR count). The van der Waals surface area contributed by atoms with Crippen LogP contribution < -0.4 is 5.11 Å². The minimum absolute atomic E-state index is 0.0720. The molecule has 0 N–H and O–H groups in total. The first kappa shape index (κ1) is 8.67. The molecule has 0 aliphatic carbocycles. The number of halogens is 1. The summed E-state index contributed by atoms with van der Waals surface area (Å²) in [5, 5.41) is 10.4. The lowest BCUT2D eigenvalue weighted by atomic mass is 10.4. The number of thiazole rings is 1. The van der Waals surface area contributed by atoms with Gasteiger partial charge in [0, 0.05) is 33.3 Å². The molecule has 5 heteroatoms. The van der Waals surface area contributed by atoms with E-state index in [1.165, 1.54) is 0 Å². The van der Waals surface area contributed by atoms with Crippen molar-refractivity contribution in [2.24, 2.45) is 6.26 Å². The average Bonchev–Trinajstić information content (AvgIpc) is 2.17. The van der Waals surface area contributed by atoms with Gasteiger partial charge in [0.15, 0.2) is 4.88 Å². The van der Waals surface area contributed by atoms with Crippen LogP contribution in [0.1, 0.15) is 15.4 Å². The van der Waals surface area contributed by atoms with Crippen molar-refractivity contribution >= 4 is 32.4 Å². The van der Waals surface area contributed by atoms with Crippen LogP contribution in [0.25, 0.3) is 0 Å². The number of hydrogen-bond donors (Lipinski definition) is 0. The van der Waals surface area contributed by atoms with Crippen LogP contribution in [0.3, 0.4) is 0 Å². The second kappa shape index (κ2) is 2.91. The van der Waals surface area contributed by atoms with Gasteiger partial charge in [0.1, 0.15) is 11.9 Å². The summed E-state index contributed by atoms with van der Waals surface area (Å²) in [4.78, 5) is 15.0. The van der Waals surface area contributed by atoms with E-state index >= 15 is 0 Å². The first-order valence-corrected chi connectivity index (χ1v) is 5.29. The number of nitrogens with zero attached hydrogens (tertiary/aromatic N) is 1. The Morgan fingerprint density at radius 2 is 2.27 bits per heavy atom. The van der Waals surface area contributed by atoms with E-state index in [0.717, 1.165) is 4.88 Å². The molecule has 1 atom stereocenters. The summed E-state index contributed by atoms with van der Waals surface area (Å²) in [6.45, 7) is 1.76. The van der Waals surface area contributed by atoms with Crippen LogP contribution in [0.5, 0.6) is 0 Å². The van der Waals surface area contributed by atoms with Crippen molar-refractivity contribution < 1.29 is 9.90 Å². The highest BCUT2D eigenvalue weighted by Gasteiger charge is 2.19. The molecule has 0 bridgehead atoms. The zero-order valence-corrected chi connectivity index (χ0v) is 8.45. The maximum absolute atomic E-state index is 10.4. The number of carbonyl (C=O) groups excluding carboxylic acids is 1. The number of rotatable bonds is 1. The van der Waals surface area contributed by atoms with Gasteiger partial charge in [-0.1, -0.05) is 0 Å². The van der Waals surface area contributed by atoms with Gasteiger partial charge >= 0.3 is 3.92 Å². The van der Waals surface area contributed by atoms with E-state index < -0.39 is 5.97 Å². The minimum atomic E-state index is -1.20. The molecule has 1 unspecified atom stereocenters. The Balaban J connectivity index is 3.29. The third-order valence-corrected chi connectivity index (χ3v) is 4.78. The summed E-state index contributed by atoms with van der Waals surface area (Å²) in [7, 11) is -0.188. The van der Waals surface area contributed by atoms with Crippen LogP contribution in [0.4, 0.5) is 0 Å². The molecule has 60 valence electrons. The van der Waals surface area contributed by atoms with Gasteiger partial charge in [-0.05, 0) is 0 Å². The van der Waals surface area contributed by atoms with Crippen LogP contribution in [0.15, 0.2) is 3.92 Å². The van der Waals surface area contributed by atoms with Gasteiger partial charge in [0.05, 0.1) is 5.97 Å². The fourth-order valence-electron chi connectivity index (χ4n) is 0.696. The lowest BCUT2D eigenvalue weighted by Gasteiger charge is -1.92. The average molecular weight is 236 g/mol. The molecule has 0 aliphatic rings. The highest BCUT2D eigenvalue weighted by molar-refractivity contribution is 9.11. The lowest BCUT2D eigenvalue weighted by Crippen LogP contribution is -2.23. The van der Waals surface area contributed by atoms with E-state index in [1.807, 2.05) is 6.26 Å². The van der Waals surface area contributed by atoms with Gasteiger partial charge in [-0.3, -0.25) is 0 Å². The summed E-state index contributed by atoms with van der Waals surface area (Å²) in [6.07, 6.45) is 1.92. The molecule has 0 saturated heterocycles. The van der Waals surface area contributed by atoms with E-state index in [2.05, 4.69) is 20.9 Å². The van der Waals surface area contributed by atoms with E-state index in [1.54, 1.807) is 6.92 Å². The third-order valence-electron chi connectivity index (χ3n) is 1.44. The number of carboxylic acid groups (broad SMARTS) is 1. The second-order valence-electron chi connectivity index (χ2n) is 2.07. The third kappa shape index (κ3) is 1.44. The molecule has 11 heavy (non-hydrogen) atoms. The van der Waals surface area contributed by atoms with Crippen molar-refractivity contribution in [1.29, 1.82) is 0 Å². The monoisotopic (exact) mass is 235 g/mol. The Hall–Kier alpha value is -0.420. The molecule has 0 spiro atoms. The van der Waals surface area contributed by atoms with Gasteiger partial charge < -0.3 is 9.90 Å². The van der Waals surface area contributed by atoms with Crippen molar-refractivity contribution in [2.75, 3.05) is 0 Å². The fraction of sp³-hybridized carbons (Fsp3) is 0.333. The van der Waals surface area contributed by atoms with E-state index in [-0.39, 0.29) is 16.2 Å². The molecule has 1 aromatic rings.